The van der Waals surface area contributed by atoms with Crippen molar-refractivity contribution in [1.82, 2.24) is 20.6 Å². The Morgan fingerprint density at radius 1 is 1.13 bits per heavy atom. The Morgan fingerprint density at radius 3 is 2.30 bits per heavy atom. The van der Waals surface area contributed by atoms with E-state index in [1.807, 2.05) is 27.7 Å². The van der Waals surface area contributed by atoms with Crippen molar-refractivity contribution in [2.75, 3.05) is 14.2 Å². The second-order valence-corrected chi connectivity index (χ2v) is 9.25. The highest BCUT2D eigenvalue weighted by Gasteiger charge is 2.28. The van der Waals surface area contributed by atoms with Gasteiger partial charge in [-0.15, -0.1) is 0 Å². The summed E-state index contributed by atoms with van der Waals surface area (Å²) in [6, 6.07) is 6.90. The number of nitrogens with one attached hydrogen (secondary N) is 3. The molecule has 162 valence electrons. The number of hydrazine groups is 1. The standard InChI is InChI=1S/C20H27N5O4S/c1-13-10-14(12-21-11-13)18(26)23-24-19(25-30(27)20(2,3)4)22-17-15(28-5)8-7-9-16(17)29-6/h7-12H,1-6H3,(H,23,26)(H2,22,24,25). The average molecular weight is 434 g/mol. The van der Waals surface area contributed by atoms with Gasteiger partial charge in [0.25, 0.3) is 11.9 Å². The van der Waals surface area contributed by atoms with Gasteiger partial charge in [-0.3, -0.25) is 20.6 Å². The minimum Gasteiger partial charge on any atom is -0.593 e. The number of carbonyl (C=O) groups is 1. The monoisotopic (exact) mass is 433 g/mol. The largest absolute Gasteiger partial charge is 0.593 e. The predicted molar refractivity (Wildman–Crippen MR) is 117 cm³/mol. The molecule has 0 radical (unpaired) electrons. The zero-order chi connectivity index (χ0) is 22.3. The molecule has 1 aromatic carbocycles. The summed E-state index contributed by atoms with van der Waals surface area (Å²) in [6.07, 6.45) is 3.10. The van der Waals surface area contributed by atoms with Crippen molar-refractivity contribution in [2.24, 2.45) is 4.99 Å². The topological polar surface area (TPSA) is 120 Å². The molecule has 1 aromatic heterocycles. The van der Waals surface area contributed by atoms with Crippen molar-refractivity contribution in [3.63, 3.8) is 0 Å². The number of nitrogens with zero attached hydrogens (tertiary/aromatic N) is 2. The van der Waals surface area contributed by atoms with Crippen LogP contribution in [0.1, 0.15) is 36.7 Å². The van der Waals surface area contributed by atoms with E-state index in [1.54, 1.807) is 30.5 Å². The summed E-state index contributed by atoms with van der Waals surface area (Å²) < 4.78 is 25.6. The Morgan fingerprint density at radius 2 is 1.77 bits per heavy atom. The van der Waals surface area contributed by atoms with Crippen LogP contribution in [0, 0.1) is 6.92 Å². The van der Waals surface area contributed by atoms with Gasteiger partial charge in [-0.05, 0) is 51.5 Å². The van der Waals surface area contributed by atoms with Crippen LogP contribution in [0.3, 0.4) is 0 Å². The number of guanidine groups is 1. The van der Waals surface area contributed by atoms with Crippen LogP contribution in [0.4, 0.5) is 5.69 Å². The number of hydrogen-bond acceptors (Lipinski definition) is 6. The molecule has 9 nitrogen and oxygen atoms in total. The number of pyridine rings is 1. The van der Waals surface area contributed by atoms with E-state index in [1.165, 1.54) is 20.4 Å². The Hall–Kier alpha value is -2.98. The van der Waals surface area contributed by atoms with Gasteiger partial charge in [-0.25, -0.2) is 4.99 Å². The van der Waals surface area contributed by atoms with E-state index >= 15 is 0 Å². The summed E-state index contributed by atoms with van der Waals surface area (Å²) in [5.74, 6) is 0.534. The number of aryl methyl sites for hydroxylation is 1. The minimum absolute atomic E-state index is 0.0556. The number of hydrogen-bond donors (Lipinski definition) is 3. The molecule has 0 saturated carbocycles. The summed E-state index contributed by atoms with van der Waals surface area (Å²) in [4.78, 5) is 20.9. The van der Waals surface area contributed by atoms with Crippen LogP contribution < -0.4 is 25.0 Å². The molecule has 3 N–H and O–H groups in total. The van der Waals surface area contributed by atoms with Crippen molar-refractivity contribution in [1.29, 1.82) is 0 Å². The molecule has 0 aliphatic carbocycles. The molecule has 0 spiro atoms. The van der Waals surface area contributed by atoms with Gasteiger partial charge >= 0.3 is 0 Å². The number of aromatic nitrogens is 1. The Balaban J connectivity index is 2.34. The van der Waals surface area contributed by atoms with E-state index in [0.717, 1.165) is 5.56 Å². The Labute approximate surface area is 179 Å². The first kappa shape index (κ1) is 23.3. The second-order valence-electron chi connectivity index (χ2n) is 7.28. The zero-order valence-corrected chi connectivity index (χ0v) is 18.7. The molecule has 0 aliphatic rings. The highest BCUT2D eigenvalue weighted by Crippen LogP contribution is 2.36. The van der Waals surface area contributed by atoms with Crippen LogP contribution in [0.25, 0.3) is 0 Å². The maximum absolute atomic E-state index is 12.6. The van der Waals surface area contributed by atoms with Gasteiger partial charge in [0, 0.05) is 12.4 Å². The van der Waals surface area contributed by atoms with Gasteiger partial charge in [-0.1, -0.05) is 6.07 Å². The van der Waals surface area contributed by atoms with Crippen LogP contribution in [-0.2, 0) is 11.4 Å². The van der Waals surface area contributed by atoms with Gasteiger partial charge in [0.2, 0.25) is 0 Å². The lowest BCUT2D eigenvalue weighted by Crippen LogP contribution is -2.52. The van der Waals surface area contributed by atoms with E-state index in [2.05, 4.69) is 25.6 Å². The number of methoxy groups -OCH3 is 2. The quantitative estimate of drug-likeness (QED) is 0.287. The summed E-state index contributed by atoms with van der Waals surface area (Å²) in [7, 11) is 3.02. The fraction of sp³-hybridized carbons (Fsp3) is 0.350. The van der Waals surface area contributed by atoms with Gasteiger partial charge in [0.05, 0.1) is 31.1 Å². The lowest BCUT2D eigenvalue weighted by Gasteiger charge is -2.25. The zero-order valence-electron chi connectivity index (χ0n) is 17.9. The number of aliphatic imine (C=N–C) groups is 1. The SMILES string of the molecule is COc1cccc(OC)c1/N=C(/NNC(=O)c1cncc(C)c1)N[S+]([O-])C(C)(C)C. The van der Waals surface area contributed by atoms with Crippen molar-refractivity contribution < 1.29 is 18.8 Å². The fourth-order valence-electron chi connectivity index (χ4n) is 2.24. The van der Waals surface area contributed by atoms with E-state index in [0.29, 0.717) is 22.7 Å². The molecular weight excluding hydrogens is 406 g/mol. The van der Waals surface area contributed by atoms with Crippen LogP contribution in [0.15, 0.2) is 41.7 Å². The Kier molecular flexibility index (Phi) is 7.90. The molecule has 1 unspecified atom stereocenters. The van der Waals surface area contributed by atoms with Crippen LogP contribution in [0.2, 0.25) is 0 Å². The second kappa shape index (κ2) is 10.2. The molecule has 0 saturated heterocycles. The molecule has 0 bridgehead atoms. The highest BCUT2D eigenvalue weighted by molar-refractivity contribution is 7.91. The minimum atomic E-state index is -1.51. The summed E-state index contributed by atoms with van der Waals surface area (Å²) in [5, 5.41) is 0. The van der Waals surface area contributed by atoms with Gasteiger partial charge in [0.1, 0.15) is 16.2 Å². The molecule has 2 rings (SSSR count). The summed E-state index contributed by atoms with van der Waals surface area (Å²) in [6.45, 7) is 7.28. The predicted octanol–water partition coefficient (Wildman–Crippen LogP) is 2.38. The molecule has 1 heterocycles. The fourth-order valence-corrected chi connectivity index (χ4v) is 2.82. The van der Waals surface area contributed by atoms with E-state index in [4.69, 9.17) is 9.47 Å². The first-order valence-corrected chi connectivity index (χ1v) is 10.3. The van der Waals surface area contributed by atoms with E-state index < -0.39 is 22.0 Å². The molecular formula is C20H27N5O4S. The lowest BCUT2D eigenvalue weighted by atomic mass is 10.2. The van der Waals surface area contributed by atoms with Crippen LogP contribution in [-0.4, -0.2) is 40.4 Å². The molecule has 2 aromatic rings. The third-order valence-corrected chi connectivity index (χ3v) is 5.29. The number of ether oxygens (including phenoxy) is 2. The first-order valence-electron chi connectivity index (χ1n) is 9.12. The molecule has 1 amide bonds. The van der Waals surface area contributed by atoms with Crippen molar-refractivity contribution in [3.8, 4) is 11.5 Å². The van der Waals surface area contributed by atoms with E-state index in [9.17, 15) is 9.35 Å². The molecule has 1 atom stereocenters. The molecule has 0 aliphatic heterocycles. The van der Waals surface area contributed by atoms with E-state index in [-0.39, 0.29) is 5.96 Å². The number of carbonyl (C=O) groups excluding carboxylic acids is 1. The van der Waals surface area contributed by atoms with Gasteiger partial charge < -0.3 is 14.0 Å². The van der Waals surface area contributed by atoms with Crippen molar-refractivity contribution in [3.05, 3.63) is 47.8 Å². The van der Waals surface area contributed by atoms with Crippen LogP contribution >= 0.6 is 0 Å². The van der Waals surface area contributed by atoms with Crippen LogP contribution in [0.5, 0.6) is 11.5 Å². The number of amides is 1. The highest BCUT2D eigenvalue weighted by atomic mass is 32.2. The molecule has 30 heavy (non-hydrogen) atoms. The Bertz CT molecular complexity index is 892. The number of benzene rings is 1. The first-order chi connectivity index (χ1) is 14.2. The lowest BCUT2D eigenvalue weighted by molar-refractivity contribution is 0.0943. The number of rotatable bonds is 5. The third kappa shape index (κ3) is 6.26. The van der Waals surface area contributed by atoms with Gasteiger partial charge in [0.15, 0.2) is 5.69 Å². The maximum Gasteiger partial charge on any atom is 0.271 e. The molecule has 10 heteroatoms. The molecule has 0 fully saturated rings. The normalized spacial score (nSPS) is 12.7. The van der Waals surface area contributed by atoms with Crippen molar-refractivity contribution >= 4 is 28.9 Å². The smallest absolute Gasteiger partial charge is 0.271 e. The average Bonchev–Trinajstić information content (AvgIpc) is 2.71. The maximum atomic E-state index is 12.6. The summed E-state index contributed by atoms with van der Waals surface area (Å²) >= 11 is -1.51. The third-order valence-electron chi connectivity index (χ3n) is 3.80. The number of para-hydroxylation sites is 1. The van der Waals surface area contributed by atoms with Crippen molar-refractivity contribution in [2.45, 2.75) is 32.4 Å². The van der Waals surface area contributed by atoms with Gasteiger partial charge in [-0.2, -0.15) is 4.72 Å². The summed E-state index contributed by atoms with van der Waals surface area (Å²) in [5.41, 5.74) is 6.83.